The summed E-state index contributed by atoms with van der Waals surface area (Å²) in [4.78, 5) is 4.01. The molecule has 1 aromatic carbocycles. The van der Waals surface area contributed by atoms with Gasteiger partial charge in [0.1, 0.15) is 0 Å². The van der Waals surface area contributed by atoms with Crippen LogP contribution in [0.3, 0.4) is 0 Å². The summed E-state index contributed by atoms with van der Waals surface area (Å²) in [5.74, 6) is 0. The van der Waals surface area contributed by atoms with Crippen molar-refractivity contribution < 1.29 is 5.11 Å². The molecule has 0 bridgehead atoms. The highest BCUT2D eigenvalue weighted by Gasteiger charge is 2.12. The molecule has 0 aliphatic rings. The second kappa shape index (κ2) is 6.08. The van der Waals surface area contributed by atoms with Crippen LogP contribution in [0.1, 0.15) is 11.7 Å². The van der Waals surface area contributed by atoms with E-state index in [4.69, 9.17) is 11.6 Å². The highest BCUT2D eigenvalue weighted by molar-refractivity contribution is 6.30. The van der Waals surface area contributed by atoms with Crippen molar-refractivity contribution in [3.05, 3.63) is 71.6 Å². The molecule has 4 nitrogen and oxygen atoms in total. The van der Waals surface area contributed by atoms with Gasteiger partial charge < -0.3 is 5.11 Å². The molecule has 3 aromatic rings. The van der Waals surface area contributed by atoms with Gasteiger partial charge in [-0.15, -0.1) is 0 Å². The van der Waals surface area contributed by atoms with E-state index in [0.29, 0.717) is 11.6 Å². The van der Waals surface area contributed by atoms with Crippen LogP contribution in [0.5, 0.6) is 0 Å². The van der Waals surface area contributed by atoms with Gasteiger partial charge in [-0.25, -0.2) is 0 Å². The van der Waals surface area contributed by atoms with Crippen LogP contribution >= 0.6 is 11.6 Å². The fraction of sp³-hybridized carbons (Fsp3) is 0.125. The average Bonchev–Trinajstić information content (AvgIpc) is 2.97. The van der Waals surface area contributed by atoms with Crippen LogP contribution in [0.25, 0.3) is 11.3 Å². The molecular formula is C16H14ClN3O. The van der Waals surface area contributed by atoms with Crippen molar-refractivity contribution in [2.45, 2.75) is 12.6 Å². The standard InChI is InChI=1S/C16H14ClN3O/c17-14-3-1-13(2-4-14)16(21)11-20-15(7-10-19-20)12-5-8-18-9-6-12/h1-10,16,21H,11H2. The number of benzene rings is 1. The summed E-state index contributed by atoms with van der Waals surface area (Å²) >= 11 is 5.86. The van der Waals surface area contributed by atoms with E-state index >= 15 is 0 Å². The molecule has 3 rings (SSSR count). The van der Waals surface area contributed by atoms with Crippen molar-refractivity contribution in [2.75, 3.05) is 0 Å². The van der Waals surface area contributed by atoms with Crippen LogP contribution in [-0.2, 0) is 6.54 Å². The van der Waals surface area contributed by atoms with Crippen molar-refractivity contribution >= 4 is 11.6 Å². The number of hydrogen-bond donors (Lipinski definition) is 1. The number of hydrogen-bond acceptors (Lipinski definition) is 3. The Balaban J connectivity index is 1.83. The molecule has 0 aliphatic heterocycles. The molecule has 0 saturated carbocycles. The van der Waals surface area contributed by atoms with Gasteiger partial charge >= 0.3 is 0 Å². The molecule has 2 heterocycles. The van der Waals surface area contributed by atoms with Gasteiger partial charge in [-0.2, -0.15) is 5.10 Å². The number of halogens is 1. The Labute approximate surface area is 127 Å². The Morgan fingerprint density at radius 2 is 1.71 bits per heavy atom. The summed E-state index contributed by atoms with van der Waals surface area (Å²) in [6.45, 7) is 0.381. The van der Waals surface area contributed by atoms with Gasteiger partial charge in [0.2, 0.25) is 0 Å². The fourth-order valence-electron chi connectivity index (χ4n) is 2.20. The van der Waals surface area contributed by atoms with Crippen LogP contribution in [-0.4, -0.2) is 19.9 Å². The molecule has 1 unspecified atom stereocenters. The number of nitrogens with zero attached hydrogens (tertiary/aromatic N) is 3. The zero-order chi connectivity index (χ0) is 14.7. The highest BCUT2D eigenvalue weighted by atomic mass is 35.5. The smallest absolute Gasteiger partial charge is 0.0986 e. The van der Waals surface area contributed by atoms with E-state index in [2.05, 4.69) is 10.1 Å². The molecule has 21 heavy (non-hydrogen) atoms. The van der Waals surface area contributed by atoms with E-state index in [1.165, 1.54) is 0 Å². The largest absolute Gasteiger partial charge is 0.386 e. The first kappa shape index (κ1) is 13.8. The summed E-state index contributed by atoms with van der Waals surface area (Å²) in [5.41, 5.74) is 2.78. The van der Waals surface area contributed by atoms with Gasteiger partial charge in [-0.3, -0.25) is 9.67 Å². The van der Waals surface area contributed by atoms with Gasteiger partial charge in [0, 0.05) is 29.2 Å². The molecule has 0 spiro atoms. The van der Waals surface area contributed by atoms with Crippen LogP contribution in [0.2, 0.25) is 5.02 Å². The number of aliphatic hydroxyl groups excluding tert-OH is 1. The summed E-state index contributed by atoms with van der Waals surface area (Å²) in [7, 11) is 0. The van der Waals surface area contributed by atoms with Crippen LogP contribution < -0.4 is 0 Å². The molecule has 0 aliphatic carbocycles. The monoisotopic (exact) mass is 299 g/mol. The second-order valence-corrected chi connectivity index (χ2v) is 5.14. The van der Waals surface area contributed by atoms with Crippen molar-refractivity contribution in [2.24, 2.45) is 0 Å². The molecule has 2 aromatic heterocycles. The highest BCUT2D eigenvalue weighted by Crippen LogP contribution is 2.22. The van der Waals surface area contributed by atoms with E-state index in [9.17, 15) is 5.11 Å². The third-order valence-corrected chi connectivity index (χ3v) is 3.55. The Morgan fingerprint density at radius 3 is 2.43 bits per heavy atom. The quantitative estimate of drug-likeness (QED) is 0.804. The van der Waals surface area contributed by atoms with Crippen molar-refractivity contribution in [1.29, 1.82) is 0 Å². The Hall–Kier alpha value is -2.17. The van der Waals surface area contributed by atoms with Crippen LogP contribution in [0, 0.1) is 0 Å². The minimum absolute atomic E-state index is 0.381. The maximum absolute atomic E-state index is 10.3. The normalized spacial score (nSPS) is 12.3. The zero-order valence-corrected chi connectivity index (χ0v) is 12.0. The first-order chi connectivity index (χ1) is 10.2. The van der Waals surface area contributed by atoms with E-state index in [-0.39, 0.29) is 0 Å². The third-order valence-electron chi connectivity index (χ3n) is 3.29. The predicted octanol–water partition coefficient (Wildman–Crippen LogP) is 3.33. The SMILES string of the molecule is OC(Cn1nccc1-c1ccncc1)c1ccc(Cl)cc1. The summed E-state index contributed by atoms with van der Waals surface area (Å²) in [6.07, 6.45) is 4.57. The van der Waals surface area contributed by atoms with Gasteiger partial charge in [-0.05, 0) is 35.9 Å². The molecule has 0 saturated heterocycles. The van der Waals surface area contributed by atoms with Gasteiger partial charge in [0.15, 0.2) is 0 Å². The van der Waals surface area contributed by atoms with Crippen molar-refractivity contribution in [1.82, 2.24) is 14.8 Å². The maximum atomic E-state index is 10.3. The predicted molar refractivity (Wildman–Crippen MR) is 81.9 cm³/mol. The lowest BCUT2D eigenvalue weighted by molar-refractivity contribution is 0.152. The molecule has 0 fully saturated rings. The zero-order valence-electron chi connectivity index (χ0n) is 11.2. The number of aliphatic hydroxyl groups is 1. The lowest BCUT2D eigenvalue weighted by Crippen LogP contribution is -2.11. The van der Waals surface area contributed by atoms with Crippen molar-refractivity contribution in [3.63, 3.8) is 0 Å². The molecule has 106 valence electrons. The maximum Gasteiger partial charge on any atom is 0.0986 e. The van der Waals surface area contributed by atoms with E-state index < -0.39 is 6.10 Å². The van der Waals surface area contributed by atoms with Gasteiger partial charge in [0.25, 0.3) is 0 Å². The van der Waals surface area contributed by atoms with E-state index in [1.54, 1.807) is 35.4 Å². The number of aromatic nitrogens is 3. The second-order valence-electron chi connectivity index (χ2n) is 4.70. The summed E-state index contributed by atoms with van der Waals surface area (Å²) in [5, 5.41) is 15.3. The van der Waals surface area contributed by atoms with E-state index in [1.807, 2.05) is 30.3 Å². The fourth-order valence-corrected chi connectivity index (χ4v) is 2.33. The third kappa shape index (κ3) is 3.12. The number of rotatable bonds is 4. The molecule has 1 N–H and O–H groups in total. The lowest BCUT2D eigenvalue weighted by atomic mass is 10.1. The summed E-state index contributed by atoms with van der Waals surface area (Å²) in [6, 6.07) is 12.9. The van der Waals surface area contributed by atoms with E-state index in [0.717, 1.165) is 16.8 Å². The molecular weight excluding hydrogens is 286 g/mol. The molecule has 0 amide bonds. The topological polar surface area (TPSA) is 50.9 Å². The minimum Gasteiger partial charge on any atom is -0.386 e. The lowest BCUT2D eigenvalue weighted by Gasteiger charge is -2.14. The Bertz CT molecular complexity index is 710. The molecule has 5 heteroatoms. The van der Waals surface area contributed by atoms with Gasteiger partial charge in [-0.1, -0.05) is 23.7 Å². The van der Waals surface area contributed by atoms with Crippen molar-refractivity contribution in [3.8, 4) is 11.3 Å². The Morgan fingerprint density at radius 1 is 1.00 bits per heavy atom. The number of pyridine rings is 1. The van der Waals surface area contributed by atoms with Crippen LogP contribution in [0.4, 0.5) is 0 Å². The first-order valence-corrected chi connectivity index (χ1v) is 6.97. The van der Waals surface area contributed by atoms with Crippen LogP contribution in [0.15, 0.2) is 61.1 Å². The van der Waals surface area contributed by atoms with Gasteiger partial charge in [0.05, 0.1) is 18.3 Å². The average molecular weight is 300 g/mol. The molecule has 0 radical (unpaired) electrons. The summed E-state index contributed by atoms with van der Waals surface area (Å²) < 4.78 is 1.79. The Kier molecular flexibility index (Phi) is 3.99. The minimum atomic E-state index is -0.636. The first-order valence-electron chi connectivity index (χ1n) is 6.60. The molecule has 1 atom stereocenters.